The maximum Gasteiger partial charge on any atom is 0.363 e. The second kappa shape index (κ2) is 4.30. The zero-order valence-corrected chi connectivity index (χ0v) is 12.1. The third-order valence-electron chi connectivity index (χ3n) is 3.30. The van der Waals surface area contributed by atoms with Crippen molar-refractivity contribution < 1.29 is 27.4 Å². The van der Waals surface area contributed by atoms with Gasteiger partial charge < -0.3 is 11.5 Å². The Morgan fingerprint density at radius 1 is 1.57 bits per heavy atom. The number of hydrogen-bond donors (Lipinski definition) is 3. The van der Waals surface area contributed by atoms with Gasteiger partial charge in [-0.25, -0.2) is 4.98 Å². The van der Waals surface area contributed by atoms with Gasteiger partial charge in [0.1, 0.15) is 5.66 Å². The van der Waals surface area contributed by atoms with Gasteiger partial charge in [0.05, 0.1) is 5.69 Å². The third kappa shape index (κ3) is 1.73. The Labute approximate surface area is 122 Å². The minimum Gasteiger partial charge on any atom is -0.375 e. The van der Waals surface area contributed by atoms with E-state index in [2.05, 4.69) is 4.98 Å². The van der Waals surface area contributed by atoms with Crippen molar-refractivity contribution in [3.8, 4) is 0 Å². The molecule has 1 amide bonds. The normalized spacial score (nSPS) is 29.1. The van der Waals surface area contributed by atoms with E-state index in [-0.39, 0.29) is 21.4 Å². The van der Waals surface area contributed by atoms with Gasteiger partial charge in [0.15, 0.2) is 16.8 Å². The number of aldehydes is 1. The molecule has 0 radical (unpaired) electrons. The predicted octanol–water partition coefficient (Wildman–Crippen LogP) is -1.95. The summed E-state index contributed by atoms with van der Waals surface area (Å²) in [5.74, 6) is -2.64. The predicted molar refractivity (Wildman–Crippen MR) is 70.3 cm³/mol. The van der Waals surface area contributed by atoms with Crippen LogP contribution in [0, 0.1) is 0 Å². The third-order valence-corrected chi connectivity index (χ3v) is 4.98. The first-order chi connectivity index (χ1) is 9.51. The van der Waals surface area contributed by atoms with Gasteiger partial charge in [-0.1, -0.05) is 0 Å². The summed E-state index contributed by atoms with van der Waals surface area (Å²) < 4.78 is 31.4. The second-order valence-electron chi connectivity index (χ2n) is 4.50. The number of carbonyl (C=O) groups is 3. The summed E-state index contributed by atoms with van der Waals surface area (Å²) in [7, 11) is -5.00. The Balaban J connectivity index is 2.73. The molecule has 0 spiro atoms. The number of nitrogen functional groups attached to an aromatic ring is 1. The first-order valence-electron chi connectivity index (χ1n) is 5.33. The molecule has 2 rings (SSSR count). The molecule has 2 unspecified atom stereocenters. The average Bonchev–Trinajstić information content (AvgIpc) is 2.73. The molecule has 12 heteroatoms. The number of nitrogens with zero attached hydrogens (tertiary/aromatic N) is 2. The zero-order valence-electron chi connectivity index (χ0n) is 10.5. The van der Waals surface area contributed by atoms with Gasteiger partial charge >= 0.3 is 10.3 Å². The van der Waals surface area contributed by atoms with E-state index in [4.69, 9.17) is 16.0 Å². The fourth-order valence-corrected chi connectivity index (χ4v) is 4.00. The molecule has 1 saturated heterocycles. The summed E-state index contributed by atoms with van der Waals surface area (Å²) >= 11 is 0.880. The smallest absolute Gasteiger partial charge is 0.363 e. The van der Waals surface area contributed by atoms with Crippen molar-refractivity contribution in [1.29, 1.82) is 0 Å². The van der Waals surface area contributed by atoms with Gasteiger partial charge in [-0.05, 0) is 6.92 Å². The number of ketones is 1. The Morgan fingerprint density at radius 3 is 2.48 bits per heavy atom. The number of thiazole rings is 1. The molecule has 0 bridgehead atoms. The molecule has 10 nitrogen and oxygen atoms in total. The second-order valence-corrected chi connectivity index (χ2v) is 6.65. The van der Waals surface area contributed by atoms with Crippen LogP contribution >= 0.6 is 11.3 Å². The van der Waals surface area contributed by atoms with Crippen LogP contribution < -0.4 is 11.5 Å². The Morgan fingerprint density at radius 2 is 2.14 bits per heavy atom. The average molecular weight is 334 g/mol. The van der Waals surface area contributed by atoms with Crippen LogP contribution in [0.1, 0.15) is 12.6 Å². The highest BCUT2D eigenvalue weighted by Gasteiger charge is 2.76. The van der Waals surface area contributed by atoms with Crippen LogP contribution in [0.4, 0.5) is 5.13 Å². The largest absolute Gasteiger partial charge is 0.375 e. The SMILES string of the molecule is CC1(N)N(S(=O)(=O)O)C(=O)C1(C(=O)C=O)c1csc(N)n1. The van der Waals surface area contributed by atoms with Crippen molar-refractivity contribution in [1.82, 2.24) is 9.29 Å². The highest BCUT2D eigenvalue weighted by atomic mass is 32.2. The molecule has 21 heavy (non-hydrogen) atoms. The lowest BCUT2D eigenvalue weighted by Crippen LogP contribution is -2.86. The summed E-state index contributed by atoms with van der Waals surface area (Å²) in [6.45, 7) is 1.01. The monoisotopic (exact) mass is 334 g/mol. The van der Waals surface area contributed by atoms with Crippen LogP contribution in [0.25, 0.3) is 0 Å². The Bertz CT molecular complexity index is 754. The molecule has 1 fully saturated rings. The highest BCUT2D eigenvalue weighted by Crippen LogP contribution is 2.49. The molecule has 1 aromatic heterocycles. The van der Waals surface area contributed by atoms with Gasteiger partial charge in [-0.15, -0.1) is 11.3 Å². The molecule has 2 heterocycles. The number of nitrogens with two attached hydrogens (primary N) is 2. The van der Waals surface area contributed by atoms with Crippen LogP contribution in [0.2, 0.25) is 0 Å². The number of anilines is 1. The van der Waals surface area contributed by atoms with E-state index in [0.717, 1.165) is 18.3 Å². The van der Waals surface area contributed by atoms with Crippen molar-refractivity contribution in [2.75, 3.05) is 5.73 Å². The molecule has 1 aliphatic heterocycles. The fourth-order valence-electron chi connectivity index (χ4n) is 2.42. The van der Waals surface area contributed by atoms with Crippen molar-refractivity contribution >= 4 is 44.7 Å². The van der Waals surface area contributed by atoms with Gasteiger partial charge in [-0.2, -0.15) is 12.7 Å². The molecular formula is C9H10N4O6S2. The van der Waals surface area contributed by atoms with Gasteiger partial charge in [0.25, 0.3) is 5.91 Å². The summed E-state index contributed by atoms with van der Waals surface area (Å²) in [4.78, 5) is 38.8. The fraction of sp³-hybridized carbons (Fsp3) is 0.333. The molecule has 0 aliphatic carbocycles. The number of rotatable bonds is 4. The maximum atomic E-state index is 12.2. The highest BCUT2D eigenvalue weighted by molar-refractivity contribution is 7.84. The van der Waals surface area contributed by atoms with Gasteiger partial charge in [-0.3, -0.25) is 18.9 Å². The maximum absolute atomic E-state index is 12.2. The van der Waals surface area contributed by atoms with Crippen molar-refractivity contribution in [3.05, 3.63) is 11.1 Å². The molecule has 5 N–H and O–H groups in total. The lowest BCUT2D eigenvalue weighted by atomic mass is 9.63. The van der Waals surface area contributed by atoms with Crippen LogP contribution in [-0.4, -0.2) is 45.9 Å². The standard InChI is InChI=1S/C9H10N4O6S2/c1-8(11)9(5(15)2-14,4-3-20-7(10)12-4)6(16)13(8)21(17,18)19/h2-3H,11H2,1H3,(H2,10,12)(H,17,18,19). The number of aromatic nitrogens is 1. The Hall–Kier alpha value is -1.89. The lowest BCUT2D eigenvalue weighted by Gasteiger charge is -2.56. The van der Waals surface area contributed by atoms with E-state index in [1.807, 2.05) is 0 Å². The Kier molecular flexibility index (Phi) is 3.17. The summed E-state index contributed by atoms with van der Waals surface area (Å²) in [6.07, 6.45) is -0.153. The van der Waals surface area contributed by atoms with E-state index in [1.165, 1.54) is 5.38 Å². The van der Waals surface area contributed by atoms with Crippen LogP contribution in [0.5, 0.6) is 0 Å². The molecule has 2 atom stereocenters. The lowest BCUT2D eigenvalue weighted by molar-refractivity contribution is -0.168. The number of β-lactam (4-membered cyclic amide) rings is 1. The van der Waals surface area contributed by atoms with Crippen LogP contribution in [0.3, 0.4) is 0 Å². The first kappa shape index (κ1) is 15.5. The van der Waals surface area contributed by atoms with Crippen LogP contribution in [0.15, 0.2) is 5.38 Å². The topological polar surface area (TPSA) is 174 Å². The van der Waals surface area contributed by atoms with E-state index in [1.54, 1.807) is 0 Å². The minimum absolute atomic E-state index is 0.00280. The molecule has 1 aliphatic rings. The minimum atomic E-state index is -5.00. The molecular weight excluding hydrogens is 324 g/mol. The number of carbonyl (C=O) groups excluding carboxylic acids is 3. The van der Waals surface area contributed by atoms with Crippen molar-refractivity contribution in [3.63, 3.8) is 0 Å². The van der Waals surface area contributed by atoms with E-state index < -0.39 is 33.1 Å². The van der Waals surface area contributed by atoms with Gasteiger partial charge in [0.2, 0.25) is 5.78 Å². The quantitative estimate of drug-likeness (QED) is 0.186. The van der Waals surface area contributed by atoms with Crippen molar-refractivity contribution in [2.45, 2.75) is 18.0 Å². The molecule has 0 saturated carbocycles. The van der Waals surface area contributed by atoms with Crippen molar-refractivity contribution in [2.24, 2.45) is 5.73 Å². The number of amides is 1. The summed E-state index contributed by atoms with van der Waals surface area (Å²) in [5.41, 5.74) is 6.40. The molecule has 114 valence electrons. The molecule has 1 aromatic rings. The van der Waals surface area contributed by atoms with E-state index in [9.17, 15) is 22.8 Å². The molecule has 0 aromatic carbocycles. The van der Waals surface area contributed by atoms with E-state index >= 15 is 0 Å². The zero-order chi connectivity index (χ0) is 16.2. The summed E-state index contributed by atoms with van der Waals surface area (Å²) in [6, 6.07) is 0. The van der Waals surface area contributed by atoms with Gasteiger partial charge in [0, 0.05) is 5.38 Å². The van der Waals surface area contributed by atoms with Crippen LogP contribution in [-0.2, 0) is 30.1 Å². The van der Waals surface area contributed by atoms with E-state index in [0.29, 0.717) is 0 Å². The summed E-state index contributed by atoms with van der Waals surface area (Å²) in [5, 5.41) is 1.22. The number of hydrogen-bond acceptors (Lipinski definition) is 9. The number of Topliss-reactive ketones (excluding diaryl/α,β-unsaturated/α-hetero) is 1. The first-order valence-corrected chi connectivity index (χ1v) is 7.61.